The van der Waals surface area contributed by atoms with E-state index >= 15 is 0 Å². The molecule has 0 heterocycles. The molecule has 142 valence electrons. The maximum Gasteiger partial charge on any atom is 0.249 e. The first-order valence-corrected chi connectivity index (χ1v) is 9.38. The van der Waals surface area contributed by atoms with Crippen LogP contribution in [0, 0.1) is 3.57 Å². The number of nitrogens with one attached hydrogen (secondary N) is 2. The van der Waals surface area contributed by atoms with Crippen LogP contribution in [0.4, 0.5) is 5.69 Å². The number of nitrogens with zero attached hydrogens (tertiary/aromatic N) is 1. The molecule has 7 nitrogen and oxygen atoms in total. The Balaban J connectivity index is 1.91. The minimum atomic E-state index is -0.575. The van der Waals surface area contributed by atoms with Crippen molar-refractivity contribution in [2.75, 3.05) is 11.9 Å². The first-order chi connectivity index (χ1) is 12.9. The third-order valence-corrected chi connectivity index (χ3v) is 4.37. The number of phenolic OH excluding ortho intramolecular Hbond substituents is 1. The fourth-order valence-electron chi connectivity index (χ4n) is 2.05. The van der Waals surface area contributed by atoms with Gasteiger partial charge in [0.15, 0.2) is 11.5 Å². The van der Waals surface area contributed by atoms with Gasteiger partial charge in [-0.05, 0) is 59.3 Å². The summed E-state index contributed by atoms with van der Waals surface area (Å²) in [7, 11) is 0. The van der Waals surface area contributed by atoms with Gasteiger partial charge in [-0.1, -0.05) is 23.7 Å². The Hall–Kier alpha value is -2.33. The zero-order chi connectivity index (χ0) is 19.8. The number of hydrogen-bond acceptors (Lipinski definition) is 5. The SMILES string of the molecule is CCOc1cc(/C=N/NC(=O)CC(=O)Nc2ccccc2Cl)cc(I)c1O. The molecule has 0 unspecified atom stereocenters. The van der Waals surface area contributed by atoms with Gasteiger partial charge in [0, 0.05) is 0 Å². The number of halogens is 2. The highest BCUT2D eigenvalue weighted by molar-refractivity contribution is 14.1. The third kappa shape index (κ3) is 6.40. The van der Waals surface area contributed by atoms with Gasteiger partial charge < -0.3 is 15.2 Å². The van der Waals surface area contributed by atoms with E-state index in [4.69, 9.17) is 16.3 Å². The number of carbonyl (C=O) groups excluding carboxylic acids is 2. The number of hydrazone groups is 1. The quantitative estimate of drug-likeness (QED) is 0.234. The monoisotopic (exact) mass is 501 g/mol. The van der Waals surface area contributed by atoms with Crippen LogP contribution < -0.4 is 15.5 Å². The summed E-state index contributed by atoms with van der Waals surface area (Å²) < 4.78 is 5.93. The standard InChI is InChI=1S/C18H17ClIN3O4/c1-2-27-15-8-11(7-13(20)18(15)26)10-21-23-17(25)9-16(24)22-14-6-4-3-5-12(14)19/h3-8,10,26H,2,9H2,1H3,(H,22,24)(H,23,25)/b21-10+. The van der Waals surface area contributed by atoms with Crippen molar-refractivity contribution in [1.29, 1.82) is 0 Å². The molecule has 27 heavy (non-hydrogen) atoms. The van der Waals surface area contributed by atoms with Gasteiger partial charge in [0.25, 0.3) is 0 Å². The molecule has 0 aliphatic rings. The van der Waals surface area contributed by atoms with Crippen molar-refractivity contribution in [2.24, 2.45) is 5.10 Å². The van der Waals surface area contributed by atoms with Crippen molar-refractivity contribution >= 4 is 57.9 Å². The Morgan fingerprint density at radius 3 is 2.74 bits per heavy atom. The van der Waals surface area contributed by atoms with Crippen molar-refractivity contribution in [3.05, 3.63) is 50.6 Å². The lowest BCUT2D eigenvalue weighted by Crippen LogP contribution is -2.24. The van der Waals surface area contributed by atoms with E-state index in [1.54, 1.807) is 43.3 Å². The zero-order valence-electron chi connectivity index (χ0n) is 14.3. The van der Waals surface area contributed by atoms with Gasteiger partial charge >= 0.3 is 0 Å². The van der Waals surface area contributed by atoms with Crippen LogP contribution in [0.2, 0.25) is 5.02 Å². The van der Waals surface area contributed by atoms with Crippen molar-refractivity contribution in [3.8, 4) is 11.5 Å². The van der Waals surface area contributed by atoms with E-state index in [9.17, 15) is 14.7 Å². The Kier molecular flexibility index (Phi) is 7.86. The van der Waals surface area contributed by atoms with E-state index in [-0.39, 0.29) is 5.75 Å². The molecule has 0 atom stereocenters. The molecule has 0 radical (unpaired) electrons. The summed E-state index contributed by atoms with van der Waals surface area (Å²) in [6, 6.07) is 10.0. The van der Waals surface area contributed by atoms with Gasteiger partial charge in [-0.3, -0.25) is 9.59 Å². The van der Waals surface area contributed by atoms with Crippen LogP contribution in [-0.4, -0.2) is 29.7 Å². The van der Waals surface area contributed by atoms with Crippen LogP contribution in [0.1, 0.15) is 18.9 Å². The van der Waals surface area contributed by atoms with Gasteiger partial charge in [0.05, 0.1) is 27.1 Å². The minimum absolute atomic E-state index is 0.0508. The number of phenols is 1. The molecule has 0 spiro atoms. The fraction of sp³-hybridized carbons (Fsp3) is 0.167. The molecule has 2 aromatic rings. The number of rotatable bonds is 7. The second-order valence-corrected chi connectivity index (χ2v) is 6.85. The predicted octanol–water partition coefficient (Wildman–Crippen LogP) is 3.53. The van der Waals surface area contributed by atoms with Crippen molar-refractivity contribution in [1.82, 2.24) is 5.43 Å². The molecule has 0 aliphatic carbocycles. The second-order valence-electron chi connectivity index (χ2n) is 5.28. The van der Waals surface area contributed by atoms with E-state index in [0.717, 1.165) is 0 Å². The number of ether oxygens (including phenoxy) is 1. The van der Waals surface area contributed by atoms with Crippen molar-refractivity contribution < 1.29 is 19.4 Å². The Bertz CT molecular complexity index is 874. The molecule has 2 rings (SSSR count). The fourth-order valence-corrected chi connectivity index (χ4v) is 2.86. The Morgan fingerprint density at radius 1 is 1.30 bits per heavy atom. The summed E-state index contributed by atoms with van der Waals surface area (Å²) >= 11 is 7.91. The zero-order valence-corrected chi connectivity index (χ0v) is 17.2. The topological polar surface area (TPSA) is 100 Å². The van der Waals surface area contributed by atoms with Crippen LogP contribution in [0.5, 0.6) is 11.5 Å². The number of amides is 2. The van der Waals surface area contributed by atoms with Gasteiger partial charge in [0.1, 0.15) is 6.42 Å². The van der Waals surface area contributed by atoms with E-state index in [1.807, 2.05) is 22.6 Å². The number of aromatic hydroxyl groups is 1. The van der Waals surface area contributed by atoms with Gasteiger partial charge in [-0.25, -0.2) is 5.43 Å². The Morgan fingerprint density at radius 2 is 2.04 bits per heavy atom. The molecule has 2 aromatic carbocycles. The summed E-state index contributed by atoms with van der Waals surface area (Å²) in [5.41, 5.74) is 3.34. The molecule has 0 aliphatic heterocycles. The largest absolute Gasteiger partial charge is 0.504 e. The van der Waals surface area contributed by atoms with E-state index in [0.29, 0.717) is 32.2 Å². The lowest BCUT2D eigenvalue weighted by Gasteiger charge is -2.08. The first kappa shape index (κ1) is 21.0. The van der Waals surface area contributed by atoms with Crippen molar-refractivity contribution in [3.63, 3.8) is 0 Å². The van der Waals surface area contributed by atoms with Crippen LogP contribution in [0.25, 0.3) is 0 Å². The summed E-state index contributed by atoms with van der Waals surface area (Å²) in [6.07, 6.45) is 0.994. The molecule has 0 fully saturated rings. The molecule has 9 heteroatoms. The maximum atomic E-state index is 11.9. The Labute approximate surface area is 174 Å². The van der Waals surface area contributed by atoms with Gasteiger partial charge in [-0.15, -0.1) is 0 Å². The number of anilines is 1. The van der Waals surface area contributed by atoms with E-state index in [1.165, 1.54) is 6.21 Å². The highest BCUT2D eigenvalue weighted by Crippen LogP contribution is 2.32. The van der Waals surface area contributed by atoms with Crippen LogP contribution >= 0.6 is 34.2 Å². The number of carbonyl (C=O) groups is 2. The summed E-state index contributed by atoms with van der Waals surface area (Å²) in [5.74, 6) is -0.700. The maximum absolute atomic E-state index is 11.9. The average molecular weight is 502 g/mol. The average Bonchev–Trinajstić information content (AvgIpc) is 2.61. The normalized spacial score (nSPS) is 10.6. The molecule has 2 amide bonds. The van der Waals surface area contributed by atoms with Crippen molar-refractivity contribution in [2.45, 2.75) is 13.3 Å². The summed E-state index contributed by atoms with van der Waals surface area (Å²) in [5, 5.41) is 16.7. The third-order valence-electron chi connectivity index (χ3n) is 3.22. The smallest absolute Gasteiger partial charge is 0.249 e. The molecule has 0 saturated heterocycles. The summed E-state index contributed by atoms with van der Waals surface area (Å²) in [6.45, 7) is 2.21. The second kappa shape index (κ2) is 10.1. The van der Waals surface area contributed by atoms with Crippen LogP contribution in [0.3, 0.4) is 0 Å². The minimum Gasteiger partial charge on any atom is -0.504 e. The summed E-state index contributed by atoms with van der Waals surface area (Å²) in [4.78, 5) is 23.7. The highest BCUT2D eigenvalue weighted by atomic mass is 127. The highest BCUT2D eigenvalue weighted by Gasteiger charge is 2.11. The number of benzene rings is 2. The predicted molar refractivity (Wildman–Crippen MR) is 112 cm³/mol. The van der Waals surface area contributed by atoms with Gasteiger partial charge in [-0.2, -0.15) is 5.10 Å². The lowest BCUT2D eigenvalue weighted by molar-refractivity contribution is -0.126. The molecular formula is C18H17ClIN3O4. The number of hydrogen-bond donors (Lipinski definition) is 3. The molecule has 0 bridgehead atoms. The van der Waals surface area contributed by atoms with E-state index < -0.39 is 18.2 Å². The van der Waals surface area contributed by atoms with E-state index in [2.05, 4.69) is 15.8 Å². The number of para-hydroxylation sites is 1. The molecule has 3 N–H and O–H groups in total. The molecular weight excluding hydrogens is 485 g/mol. The first-order valence-electron chi connectivity index (χ1n) is 7.92. The van der Waals surface area contributed by atoms with Crippen LogP contribution in [-0.2, 0) is 9.59 Å². The lowest BCUT2D eigenvalue weighted by atomic mass is 10.2. The molecule has 0 saturated carbocycles. The molecule has 0 aromatic heterocycles. The van der Waals surface area contributed by atoms with Crippen LogP contribution in [0.15, 0.2) is 41.5 Å². The van der Waals surface area contributed by atoms with Gasteiger partial charge in [0.2, 0.25) is 11.8 Å².